The van der Waals surface area contributed by atoms with Crippen LogP contribution in [0.15, 0.2) is 102 Å². The molecule has 43 heavy (non-hydrogen) atoms. The van der Waals surface area contributed by atoms with E-state index in [-0.39, 0.29) is 25.5 Å². The monoisotopic (exact) mass is 618 g/mol. The van der Waals surface area contributed by atoms with Crippen molar-refractivity contribution in [2.24, 2.45) is 4.99 Å². The molecular formula is C34H32Cl2N2O5. The zero-order valence-corrected chi connectivity index (χ0v) is 25.1. The van der Waals surface area contributed by atoms with Gasteiger partial charge in [0.25, 0.3) is 5.91 Å². The van der Waals surface area contributed by atoms with Gasteiger partial charge < -0.3 is 24.6 Å². The summed E-state index contributed by atoms with van der Waals surface area (Å²) < 4.78 is 17.5. The minimum absolute atomic E-state index is 0.0569. The topological polar surface area (TPSA) is 89.4 Å². The molecule has 0 saturated heterocycles. The van der Waals surface area contributed by atoms with Crippen LogP contribution in [0.3, 0.4) is 0 Å². The molecule has 9 heteroatoms. The fourth-order valence-corrected chi connectivity index (χ4v) is 5.47. The third-order valence-electron chi connectivity index (χ3n) is 7.20. The van der Waals surface area contributed by atoms with E-state index in [0.717, 1.165) is 16.9 Å². The van der Waals surface area contributed by atoms with Crippen molar-refractivity contribution in [1.29, 1.82) is 0 Å². The number of aliphatic imine (C=N–C) groups is 1. The van der Waals surface area contributed by atoms with E-state index in [0.29, 0.717) is 45.8 Å². The molecule has 0 aliphatic carbocycles. The van der Waals surface area contributed by atoms with Crippen molar-refractivity contribution in [3.63, 3.8) is 0 Å². The molecule has 2 atom stereocenters. The van der Waals surface area contributed by atoms with Crippen LogP contribution in [0, 0.1) is 0 Å². The van der Waals surface area contributed by atoms with Crippen LogP contribution in [0.25, 0.3) is 0 Å². The van der Waals surface area contributed by atoms with Crippen LogP contribution >= 0.6 is 23.2 Å². The van der Waals surface area contributed by atoms with Gasteiger partial charge in [0.15, 0.2) is 11.6 Å². The smallest absolute Gasteiger partial charge is 0.252 e. The minimum atomic E-state index is -1.39. The number of aliphatic hydroxyl groups is 1. The molecule has 7 nitrogen and oxygen atoms in total. The highest BCUT2D eigenvalue weighted by Gasteiger charge is 2.53. The fraction of sp³-hybridized carbons (Fsp3) is 0.235. The SMILES string of the molecule is COc1ccc(CNC(=O)[C@]2(Cc3ccccc3)N=C(c3ccc(OCCCO)cc3)O[C@@H]2c2ccc(Cl)cc2Cl)cc1. The van der Waals surface area contributed by atoms with Gasteiger partial charge >= 0.3 is 0 Å². The standard InChI is InChI=1S/C34H32Cl2N2O5/c1-41-27-13-8-24(9-14-27)22-37-33(40)34(21-23-6-3-2-4-7-23)31(29-17-12-26(35)20-30(29)36)43-32(38-34)25-10-15-28(16-11-25)42-19-5-18-39/h2-4,6-17,20,31,39H,5,18-19,21-22H2,1H3,(H,37,40)/t31-,34-/m1/s1. The Kier molecular flexibility index (Phi) is 9.87. The van der Waals surface area contributed by atoms with Crippen LogP contribution in [0.4, 0.5) is 0 Å². The Morgan fingerprint density at radius 2 is 1.67 bits per heavy atom. The summed E-state index contributed by atoms with van der Waals surface area (Å²) >= 11 is 13.0. The van der Waals surface area contributed by atoms with Crippen LogP contribution < -0.4 is 14.8 Å². The van der Waals surface area contributed by atoms with Gasteiger partial charge in [-0.3, -0.25) is 4.79 Å². The molecule has 1 amide bonds. The summed E-state index contributed by atoms with van der Waals surface area (Å²) in [7, 11) is 1.61. The van der Waals surface area contributed by atoms with E-state index in [1.165, 1.54) is 0 Å². The molecule has 0 spiro atoms. The van der Waals surface area contributed by atoms with Crippen molar-refractivity contribution in [2.45, 2.75) is 31.0 Å². The number of carbonyl (C=O) groups excluding carboxylic acids is 1. The summed E-state index contributed by atoms with van der Waals surface area (Å²) in [5.41, 5.74) is 1.71. The Balaban J connectivity index is 1.55. The molecule has 1 heterocycles. The van der Waals surface area contributed by atoms with Crippen LogP contribution in [0.1, 0.15) is 34.8 Å². The molecule has 0 saturated carbocycles. The van der Waals surface area contributed by atoms with Gasteiger partial charge in [-0.05, 0) is 59.7 Å². The van der Waals surface area contributed by atoms with E-state index < -0.39 is 11.6 Å². The first kappa shape index (κ1) is 30.4. The second-order valence-electron chi connectivity index (χ2n) is 10.1. The van der Waals surface area contributed by atoms with Gasteiger partial charge in [-0.15, -0.1) is 0 Å². The summed E-state index contributed by atoms with van der Waals surface area (Å²) in [6, 6.07) is 29.7. The molecule has 0 fully saturated rings. The predicted molar refractivity (Wildman–Crippen MR) is 168 cm³/mol. The molecule has 4 aromatic carbocycles. The van der Waals surface area contributed by atoms with E-state index >= 15 is 0 Å². The van der Waals surface area contributed by atoms with E-state index in [9.17, 15) is 4.79 Å². The lowest BCUT2D eigenvalue weighted by molar-refractivity contribution is -0.129. The molecule has 2 N–H and O–H groups in total. The third kappa shape index (κ3) is 7.13. The first-order chi connectivity index (χ1) is 20.9. The summed E-state index contributed by atoms with van der Waals surface area (Å²) in [6.45, 7) is 0.742. The number of hydrogen-bond acceptors (Lipinski definition) is 6. The average Bonchev–Trinajstić information content (AvgIpc) is 3.41. The van der Waals surface area contributed by atoms with E-state index in [4.69, 9.17) is 47.5 Å². The lowest BCUT2D eigenvalue weighted by Crippen LogP contribution is -2.49. The van der Waals surface area contributed by atoms with Gasteiger partial charge in [-0.25, -0.2) is 4.99 Å². The number of benzene rings is 4. The van der Waals surface area contributed by atoms with Gasteiger partial charge in [0, 0.05) is 47.2 Å². The number of aliphatic hydroxyl groups excluding tert-OH is 1. The van der Waals surface area contributed by atoms with Crippen molar-refractivity contribution in [3.05, 3.63) is 129 Å². The van der Waals surface area contributed by atoms with E-state index in [1.54, 1.807) is 25.3 Å². The Labute approximate surface area is 261 Å². The van der Waals surface area contributed by atoms with Gasteiger partial charge in [0.05, 0.1) is 13.7 Å². The van der Waals surface area contributed by atoms with Gasteiger partial charge in [-0.2, -0.15) is 0 Å². The molecule has 222 valence electrons. The second kappa shape index (κ2) is 14.0. The Hall–Kier alpha value is -4.04. The zero-order chi connectivity index (χ0) is 30.2. The lowest BCUT2D eigenvalue weighted by atomic mass is 9.82. The van der Waals surface area contributed by atoms with Crippen LogP contribution in [-0.2, 0) is 22.5 Å². The van der Waals surface area contributed by atoms with E-state index in [1.807, 2.05) is 78.9 Å². The third-order valence-corrected chi connectivity index (χ3v) is 7.77. The summed E-state index contributed by atoms with van der Waals surface area (Å²) in [5.74, 6) is 1.40. The molecule has 1 aliphatic rings. The van der Waals surface area contributed by atoms with Crippen LogP contribution in [0.2, 0.25) is 10.0 Å². The molecule has 0 aromatic heterocycles. The van der Waals surface area contributed by atoms with Gasteiger partial charge in [-0.1, -0.05) is 71.7 Å². The number of nitrogens with zero attached hydrogens (tertiary/aromatic N) is 1. The predicted octanol–water partition coefficient (Wildman–Crippen LogP) is 6.58. The van der Waals surface area contributed by atoms with Crippen LogP contribution in [0.5, 0.6) is 11.5 Å². The molecule has 0 unspecified atom stereocenters. The highest BCUT2D eigenvalue weighted by Crippen LogP contribution is 2.45. The van der Waals surface area contributed by atoms with Gasteiger partial charge in [0.2, 0.25) is 5.90 Å². The number of methoxy groups -OCH3 is 1. The largest absolute Gasteiger partial charge is 0.497 e. The summed E-state index contributed by atoms with van der Waals surface area (Å²) in [4.78, 5) is 19.4. The summed E-state index contributed by atoms with van der Waals surface area (Å²) in [6.07, 6.45) is -0.0456. The molecule has 0 radical (unpaired) electrons. The Morgan fingerprint density at radius 1 is 0.953 bits per heavy atom. The molecule has 1 aliphatic heterocycles. The van der Waals surface area contributed by atoms with Crippen molar-refractivity contribution < 1.29 is 24.1 Å². The second-order valence-corrected chi connectivity index (χ2v) is 11.0. The van der Waals surface area contributed by atoms with Crippen LogP contribution in [-0.4, -0.2) is 42.8 Å². The van der Waals surface area contributed by atoms with Crippen molar-refractivity contribution in [2.75, 3.05) is 20.3 Å². The van der Waals surface area contributed by atoms with E-state index in [2.05, 4.69) is 5.32 Å². The Morgan fingerprint density at radius 3 is 2.35 bits per heavy atom. The highest BCUT2D eigenvalue weighted by atomic mass is 35.5. The molecule has 4 aromatic rings. The fourth-order valence-electron chi connectivity index (χ4n) is 4.96. The number of carbonyl (C=O) groups is 1. The molecule has 5 rings (SSSR count). The summed E-state index contributed by atoms with van der Waals surface area (Å²) in [5, 5.41) is 13.0. The molecule has 0 bridgehead atoms. The van der Waals surface area contributed by atoms with Gasteiger partial charge in [0.1, 0.15) is 11.5 Å². The maximum absolute atomic E-state index is 14.4. The van der Waals surface area contributed by atoms with Crippen molar-refractivity contribution >= 4 is 35.0 Å². The highest BCUT2D eigenvalue weighted by molar-refractivity contribution is 6.35. The molecular weight excluding hydrogens is 587 g/mol. The zero-order valence-electron chi connectivity index (χ0n) is 23.6. The number of nitrogens with one attached hydrogen (secondary N) is 1. The maximum atomic E-state index is 14.4. The first-order valence-electron chi connectivity index (χ1n) is 13.9. The Bertz CT molecular complexity index is 1560. The average molecular weight is 620 g/mol. The number of hydrogen-bond donors (Lipinski definition) is 2. The normalized spacial score (nSPS) is 17.6. The number of rotatable bonds is 12. The number of halogens is 2. The first-order valence-corrected chi connectivity index (χ1v) is 14.7. The quantitative estimate of drug-likeness (QED) is 0.175. The van der Waals surface area contributed by atoms with Crippen molar-refractivity contribution in [3.8, 4) is 11.5 Å². The minimum Gasteiger partial charge on any atom is -0.497 e. The van der Waals surface area contributed by atoms with Crippen molar-refractivity contribution in [1.82, 2.24) is 5.32 Å². The lowest BCUT2D eigenvalue weighted by Gasteiger charge is -2.31. The number of ether oxygens (including phenoxy) is 3. The number of amides is 1. The maximum Gasteiger partial charge on any atom is 0.252 e.